The van der Waals surface area contributed by atoms with Crippen molar-refractivity contribution in [3.8, 4) is 22.6 Å². The normalized spacial score (nSPS) is 15.8. The number of aliphatic hydroxyl groups is 1. The summed E-state index contributed by atoms with van der Waals surface area (Å²) >= 11 is 50.8. The van der Waals surface area contributed by atoms with Gasteiger partial charge in [0.1, 0.15) is 17.3 Å². The Balaban J connectivity index is 1.32. The molecule has 0 atom stereocenters. The highest BCUT2D eigenvalue weighted by atomic mass is 35.5. The van der Waals surface area contributed by atoms with Crippen LogP contribution in [0.1, 0.15) is 16.7 Å². The van der Waals surface area contributed by atoms with Crippen LogP contribution in [0.2, 0.25) is 40.2 Å². The van der Waals surface area contributed by atoms with Crippen molar-refractivity contribution >= 4 is 116 Å². The molecule has 258 valence electrons. The number of Topliss-reactive ketones (excluding diaryl/α,β-unsaturated/α-hetero) is 1. The molecule has 0 saturated carbocycles. The first-order chi connectivity index (χ1) is 24.9. The van der Waals surface area contributed by atoms with E-state index in [1.807, 2.05) is 12.1 Å². The highest BCUT2D eigenvalue weighted by Gasteiger charge is 2.33. The number of ketones is 1. The monoisotopic (exact) mass is 843 g/mol. The Morgan fingerprint density at radius 1 is 0.577 bits per heavy atom. The SMILES string of the molecule is O=C1C(=Cc2cc(-c3cc(Cl)c(Cl)c(Cl)c3)[o+]c(-c3ccccc3Cl)c2)C(O)=C1C=C1C=C(c2cc(Cl)c(Cl)c(Cl)c2)OC(c2ccccc2Cl)=C1. The van der Waals surface area contributed by atoms with Crippen molar-refractivity contribution in [2.75, 3.05) is 0 Å². The summed E-state index contributed by atoms with van der Waals surface area (Å²) in [6.07, 6.45) is 6.52. The Kier molecular flexibility index (Phi) is 10.6. The van der Waals surface area contributed by atoms with Gasteiger partial charge in [-0.1, -0.05) is 117 Å². The van der Waals surface area contributed by atoms with Gasteiger partial charge < -0.3 is 9.84 Å². The van der Waals surface area contributed by atoms with Crippen molar-refractivity contribution in [1.29, 1.82) is 0 Å². The van der Waals surface area contributed by atoms with Gasteiger partial charge in [0, 0.05) is 11.1 Å². The van der Waals surface area contributed by atoms with Crippen molar-refractivity contribution in [2.45, 2.75) is 0 Å². The lowest BCUT2D eigenvalue weighted by molar-refractivity contribution is -0.113. The third-order valence-electron chi connectivity index (χ3n) is 8.07. The zero-order valence-electron chi connectivity index (χ0n) is 26.1. The quantitative estimate of drug-likeness (QED) is 0.105. The molecule has 4 nitrogen and oxygen atoms in total. The summed E-state index contributed by atoms with van der Waals surface area (Å²) < 4.78 is 12.5. The highest BCUT2D eigenvalue weighted by molar-refractivity contribution is 6.49. The van der Waals surface area contributed by atoms with E-state index in [-0.39, 0.29) is 47.0 Å². The summed E-state index contributed by atoms with van der Waals surface area (Å²) in [6.45, 7) is 0. The van der Waals surface area contributed by atoms with E-state index in [0.29, 0.717) is 66.5 Å². The van der Waals surface area contributed by atoms with Gasteiger partial charge in [-0.25, -0.2) is 4.42 Å². The lowest BCUT2D eigenvalue weighted by Crippen LogP contribution is -2.21. The van der Waals surface area contributed by atoms with E-state index in [1.165, 1.54) is 0 Å². The number of rotatable bonds is 6. The van der Waals surface area contributed by atoms with Crippen LogP contribution >= 0.6 is 92.8 Å². The van der Waals surface area contributed by atoms with E-state index >= 15 is 0 Å². The van der Waals surface area contributed by atoms with Crippen LogP contribution in [0.5, 0.6) is 0 Å². The van der Waals surface area contributed by atoms with Gasteiger partial charge in [-0.3, -0.25) is 4.79 Å². The Labute approximate surface area is 338 Å². The molecule has 0 fully saturated rings. The molecule has 12 heteroatoms. The lowest BCUT2D eigenvalue weighted by atomic mass is 9.85. The Hall–Kier alpha value is -3.68. The Morgan fingerprint density at radius 2 is 1.10 bits per heavy atom. The van der Waals surface area contributed by atoms with Gasteiger partial charge in [0.05, 0.1) is 74.6 Å². The maximum atomic E-state index is 13.7. The molecule has 0 radical (unpaired) electrons. The molecule has 1 N–H and O–H groups in total. The van der Waals surface area contributed by atoms with Gasteiger partial charge in [-0.15, -0.1) is 0 Å². The standard InChI is InChI=1S/C40H18Cl8O4/c41-27-7-3-1-5-23(27)35-13-19(11-33(51-35)21-15-29(43)37(47)30(44)16-21)9-25-39(49)26(40(25)50)10-20-12-34(22-17-31(45)38(48)32(46)18-22)52-36(14-20)24-6-2-4-8-28(24)42/h1-18H/p+1. The molecule has 1 aliphatic carbocycles. The molecule has 0 unspecified atom stereocenters. The summed E-state index contributed by atoms with van der Waals surface area (Å²) in [7, 11) is 0. The number of ether oxygens (including phenoxy) is 1. The minimum absolute atomic E-state index is 0.0871. The van der Waals surface area contributed by atoms with E-state index in [4.69, 9.17) is 102 Å². The van der Waals surface area contributed by atoms with Gasteiger partial charge in [-0.05, 0) is 84.0 Å². The van der Waals surface area contributed by atoms with Crippen LogP contribution in [0.15, 0.2) is 130 Å². The number of hydrogen-bond acceptors (Lipinski definition) is 3. The van der Waals surface area contributed by atoms with Crippen LogP contribution in [0, 0.1) is 0 Å². The third kappa shape index (κ3) is 7.28. The molecule has 0 bridgehead atoms. The number of hydrogen-bond donors (Lipinski definition) is 1. The first-order valence-electron chi connectivity index (χ1n) is 15.2. The van der Waals surface area contributed by atoms with Gasteiger partial charge >= 0.3 is 11.5 Å². The molecular formula is C40H19Cl8O4+. The van der Waals surface area contributed by atoms with E-state index in [1.54, 1.807) is 97.1 Å². The fourth-order valence-electron chi connectivity index (χ4n) is 5.52. The summed E-state index contributed by atoms with van der Waals surface area (Å²) in [4.78, 5) is 13.7. The van der Waals surface area contributed by atoms with Crippen LogP contribution in [-0.4, -0.2) is 10.9 Å². The largest absolute Gasteiger partial charge is 0.506 e. The first kappa shape index (κ1) is 36.7. The molecule has 0 spiro atoms. The predicted octanol–water partition coefficient (Wildman–Crippen LogP) is 14.9. The minimum Gasteiger partial charge on any atom is -0.506 e. The molecule has 52 heavy (non-hydrogen) atoms. The Morgan fingerprint density at radius 3 is 1.67 bits per heavy atom. The molecule has 1 aromatic heterocycles. The number of benzene rings is 4. The molecule has 7 rings (SSSR count). The molecule has 4 aromatic carbocycles. The number of carbonyl (C=O) groups excluding carboxylic acids is 1. The second kappa shape index (κ2) is 15.0. The van der Waals surface area contributed by atoms with Crippen molar-refractivity contribution in [3.63, 3.8) is 0 Å². The smallest absolute Gasteiger partial charge is 0.362 e. The van der Waals surface area contributed by atoms with Crippen LogP contribution in [-0.2, 0) is 9.53 Å². The van der Waals surface area contributed by atoms with Crippen LogP contribution in [0.25, 0.3) is 40.2 Å². The van der Waals surface area contributed by atoms with Crippen LogP contribution in [0.3, 0.4) is 0 Å². The number of halogens is 8. The zero-order chi connectivity index (χ0) is 36.8. The summed E-state index contributed by atoms with van der Waals surface area (Å²) in [5.74, 6) is 0.923. The second-order valence-electron chi connectivity index (χ2n) is 11.5. The van der Waals surface area contributed by atoms with Crippen LogP contribution < -0.4 is 0 Å². The predicted molar refractivity (Wildman–Crippen MR) is 215 cm³/mol. The molecule has 0 amide bonds. The Bertz CT molecular complexity index is 2470. The van der Waals surface area contributed by atoms with Gasteiger partial charge in [0.25, 0.3) is 0 Å². The third-order valence-corrected chi connectivity index (χ3v) is 11.1. The fourth-order valence-corrected chi connectivity index (χ4v) is 7.17. The average molecular weight is 847 g/mol. The van der Waals surface area contributed by atoms with E-state index in [2.05, 4.69) is 0 Å². The molecule has 5 aromatic rings. The average Bonchev–Trinajstić information content (AvgIpc) is 3.13. The van der Waals surface area contributed by atoms with E-state index in [9.17, 15) is 9.90 Å². The number of allylic oxidation sites excluding steroid dienone is 6. The van der Waals surface area contributed by atoms with Crippen LogP contribution in [0.4, 0.5) is 0 Å². The maximum Gasteiger partial charge on any atom is 0.362 e. The number of aliphatic hydroxyl groups excluding tert-OH is 1. The van der Waals surface area contributed by atoms with Gasteiger partial charge in [-0.2, -0.15) is 0 Å². The molecule has 0 saturated heterocycles. The molecule has 2 aliphatic rings. The minimum atomic E-state index is -0.393. The van der Waals surface area contributed by atoms with E-state index in [0.717, 1.165) is 0 Å². The molecule has 1 aliphatic heterocycles. The van der Waals surface area contributed by atoms with E-state index < -0.39 is 5.78 Å². The fraction of sp³-hybridized carbons (Fsp3) is 0. The molecule has 2 heterocycles. The number of carbonyl (C=O) groups is 1. The second-order valence-corrected chi connectivity index (χ2v) is 14.7. The molecular weight excluding hydrogens is 828 g/mol. The van der Waals surface area contributed by atoms with Crippen molar-refractivity contribution < 1.29 is 19.1 Å². The lowest BCUT2D eigenvalue weighted by Gasteiger charge is -2.22. The maximum absolute atomic E-state index is 13.7. The highest BCUT2D eigenvalue weighted by Crippen LogP contribution is 2.42. The topological polar surface area (TPSA) is 57.8 Å². The van der Waals surface area contributed by atoms with Crippen molar-refractivity contribution in [2.24, 2.45) is 0 Å². The first-order valence-corrected chi connectivity index (χ1v) is 18.2. The van der Waals surface area contributed by atoms with Crippen molar-refractivity contribution in [1.82, 2.24) is 0 Å². The summed E-state index contributed by atoms with van der Waals surface area (Å²) in [5, 5.41) is 13.5. The summed E-state index contributed by atoms with van der Waals surface area (Å²) in [6, 6.07) is 24.2. The summed E-state index contributed by atoms with van der Waals surface area (Å²) in [5.41, 5.74) is 3.51. The van der Waals surface area contributed by atoms with Gasteiger partial charge in [0.2, 0.25) is 5.78 Å². The van der Waals surface area contributed by atoms with Gasteiger partial charge in [0.15, 0.2) is 0 Å². The van der Waals surface area contributed by atoms with Crippen molar-refractivity contribution in [3.05, 3.63) is 183 Å². The zero-order valence-corrected chi connectivity index (χ0v) is 32.1.